The van der Waals surface area contributed by atoms with E-state index in [1.165, 1.54) is 10.8 Å². The van der Waals surface area contributed by atoms with Crippen molar-refractivity contribution in [2.75, 3.05) is 0 Å². The topological polar surface area (TPSA) is 59.3 Å². The molecular formula is C13H9NO3. The molecule has 17 heavy (non-hydrogen) atoms. The molecule has 2 aromatic rings. The van der Waals surface area contributed by atoms with Crippen LogP contribution in [0, 0.1) is 12.3 Å². The quantitative estimate of drug-likeness (QED) is 0.787. The smallest absolute Gasteiger partial charge is 0.337 e. The van der Waals surface area contributed by atoms with Crippen LogP contribution in [-0.2, 0) is 6.54 Å². The monoisotopic (exact) mass is 227 g/mol. The number of fused-ring (bicyclic) bond motifs is 1. The molecule has 2 rings (SSSR count). The van der Waals surface area contributed by atoms with Crippen LogP contribution < -0.4 is 5.56 Å². The Balaban J connectivity index is 2.91. The number of carbonyl (C=O) groups is 1. The van der Waals surface area contributed by atoms with Gasteiger partial charge in [0, 0.05) is 17.0 Å². The fourth-order valence-corrected chi connectivity index (χ4v) is 1.73. The van der Waals surface area contributed by atoms with Crippen LogP contribution in [0.1, 0.15) is 10.4 Å². The van der Waals surface area contributed by atoms with Gasteiger partial charge in [-0.3, -0.25) is 4.79 Å². The van der Waals surface area contributed by atoms with E-state index >= 15 is 0 Å². The molecule has 4 heteroatoms. The molecule has 0 fully saturated rings. The summed E-state index contributed by atoms with van der Waals surface area (Å²) in [4.78, 5) is 23.1. The third-order valence-electron chi connectivity index (χ3n) is 2.49. The Hall–Kier alpha value is -2.54. The van der Waals surface area contributed by atoms with E-state index in [4.69, 9.17) is 11.5 Å². The third-order valence-corrected chi connectivity index (χ3v) is 2.49. The van der Waals surface area contributed by atoms with Crippen molar-refractivity contribution < 1.29 is 9.90 Å². The Morgan fingerprint density at radius 2 is 2.00 bits per heavy atom. The molecule has 1 N–H and O–H groups in total. The lowest BCUT2D eigenvalue weighted by molar-refractivity contribution is 0.0698. The second-order valence-corrected chi connectivity index (χ2v) is 3.53. The number of aromatic nitrogens is 1. The summed E-state index contributed by atoms with van der Waals surface area (Å²) in [5, 5.41) is 9.89. The van der Waals surface area contributed by atoms with Crippen molar-refractivity contribution in [2.24, 2.45) is 0 Å². The lowest BCUT2D eigenvalue weighted by Gasteiger charge is -2.07. The molecule has 0 spiro atoms. The Morgan fingerprint density at radius 3 is 2.59 bits per heavy atom. The Morgan fingerprint density at radius 1 is 1.35 bits per heavy atom. The summed E-state index contributed by atoms with van der Waals surface area (Å²) in [6, 6.07) is 6.59. The molecule has 0 aliphatic rings. The maximum Gasteiger partial charge on any atom is 0.337 e. The van der Waals surface area contributed by atoms with E-state index in [0.717, 1.165) is 0 Å². The van der Waals surface area contributed by atoms with Crippen molar-refractivity contribution >= 4 is 16.7 Å². The van der Waals surface area contributed by atoms with Crippen molar-refractivity contribution in [1.29, 1.82) is 0 Å². The van der Waals surface area contributed by atoms with Crippen molar-refractivity contribution in [3.05, 3.63) is 46.4 Å². The summed E-state index contributed by atoms with van der Waals surface area (Å²) in [5.41, 5.74) is -0.195. The Bertz CT molecular complexity index is 692. The molecule has 0 saturated heterocycles. The van der Waals surface area contributed by atoms with Gasteiger partial charge in [0.1, 0.15) is 0 Å². The molecule has 0 bridgehead atoms. The molecule has 0 saturated carbocycles. The number of carboxylic acid groups (broad SMARTS) is 1. The molecule has 0 aliphatic carbocycles. The summed E-state index contributed by atoms with van der Waals surface area (Å²) in [7, 11) is 0. The van der Waals surface area contributed by atoms with E-state index in [1.54, 1.807) is 24.3 Å². The van der Waals surface area contributed by atoms with Gasteiger partial charge in [0.15, 0.2) is 0 Å². The fraction of sp³-hybridized carbons (Fsp3) is 0.0769. The van der Waals surface area contributed by atoms with Crippen LogP contribution in [0.5, 0.6) is 0 Å². The number of aromatic carboxylic acids is 1. The first-order valence-electron chi connectivity index (χ1n) is 4.94. The summed E-state index contributed by atoms with van der Waals surface area (Å²) in [6.07, 6.45) is 6.43. The van der Waals surface area contributed by atoms with E-state index < -0.39 is 5.97 Å². The minimum atomic E-state index is -1.08. The number of carboxylic acids is 1. The number of terminal acetylenes is 1. The van der Waals surface area contributed by atoms with Gasteiger partial charge in [0.05, 0.1) is 12.1 Å². The van der Waals surface area contributed by atoms with Gasteiger partial charge in [-0.2, -0.15) is 0 Å². The van der Waals surface area contributed by atoms with Crippen LogP contribution >= 0.6 is 0 Å². The molecular weight excluding hydrogens is 218 g/mol. The Kier molecular flexibility index (Phi) is 2.67. The number of pyridine rings is 1. The van der Waals surface area contributed by atoms with Gasteiger partial charge >= 0.3 is 5.97 Å². The number of rotatable bonds is 2. The van der Waals surface area contributed by atoms with Crippen LogP contribution in [-0.4, -0.2) is 15.6 Å². The van der Waals surface area contributed by atoms with Crippen molar-refractivity contribution in [3.63, 3.8) is 0 Å². The molecule has 0 aliphatic heterocycles. The zero-order valence-corrected chi connectivity index (χ0v) is 8.88. The first-order chi connectivity index (χ1) is 8.15. The second-order valence-electron chi connectivity index (χ2n) is 3.53. The number of nitrogens with zero attached hydrogens (tertiary/aromatic N) is 1. The molecule has 4 nitrogen and oxygen atoms in total. The van der Waals surface area contributed by atoms with Crippen molar-refractivity contribution in [3.8, 4) is 12.3 Å². The van der Waals surface area contributed by atoms with E-state index in [2.05, 4.69) is 5.92 Å². The van der Waals surface area contributed by atoms with Gasteiger partial charge < -0.3 is 9.67 Å². The summed E-state index contributed by atoms with van der Waals surface area (Å²) >= 11 is 0. The number of benzene rings is 1. The largest absolute Gasteiger partial charge is 0.478 e. The highest BCUT2D eigenvalue weighted by Crippen LogP contribution is 2.15. The highest BCUT2D eigenvalue weighted by molar-refractivity contribution is 6.02. The zero-order valence-electron chi connectivity index (χ0n) is 8.88. The maximum atomic E-state index is 12.0. The summed E-state index contributed by atoms with van der Waals surface area (Å²) in [6.45, 7) is 0.0595. The molecule has 1 aromatic carbocycles. The predicted molar refractivity (Wildman–Crippen MR) is 64.0 cm³/mol. The molecule has 0 amide bonds. The molecule has 0 radical (unpaired) electrons. The average molecular weight is 227 g/mol. The van der Waals surface area contributed by atoms with Crippen LogP contribution in [0.15, 0.2) is 35.3 Å². The van der Waals surface area contributed by atoms with E-state index in [9.17, 15) is 9.59 Å². The average Bonchev–Trinajstić information content (AvgIpc) is 2.32. The fourth-order valence-electron chi connectivity index (χ4n) is 1.73. The number of hydrogen-bond acceptors (Lipinski definition) is 2. The standard InChI is InChI=1S/C13H9NO3/c1-2-7-14-8-11(13(16)17)9-5-3-4-6-10(9)12(14)15/h1,3-6,8H,7H2,(H,16,17). The summed E-state index contributed by atoms with van der Waals surface area (Å²) < 4.78 is 1.23. The molecule has 1 heterocycles. The van der Waals surface area contributed by atoms with Gasteiger partial charge in [-0.25, -0.2) is 4.79 Å². The van der Waals surface area contributed by atoms with Gasteiger partial charge in [-0.05, 0) is 6.07 Å². The van der Waals surface area contributed by atoms with Crippen LogP contribution in [0.4, 0.5) is 0 Å². The minimum absolute atomic E-state index is 0.0595. The highest BCUT2D eigenvalue weighted by Gasteiger charge is 2.12. The van der Waals surface area contributed by atoms with Crippen LogP contribution in [0.25, 0.3) is 10.8 Å². The molecule has 0 atom stereocenters. The molecule has 1 aromatic heterocycles. The van der Waals surface area contributed by atoms with Crippen LogP contribution in [0.3, 0.4) is 0 Å². The van der Waals surface area contributed by atoms with Gasteiger partial charge in [-0.1, -0.05) is 24.1 Å². The second kappa shape index (κ2) is 4.14. The molecule has 84 valence electrons. The van der Waals surface area contributed by atoms with Gasteiger partial charge in [0.25, 0.3) is 5.56 Å². The number of hydrogen-bond donors (Lipinski definition) is 1. The van der Waals surface area contributed by atoms with Crippen molar-refractivity contribution in [2.45, 2.75) is 6.54 Å². The highest BCUT2D eigenvalue weighted by atomic mass is 16.4. The normalized spacial score (nSPS) is 10.1. The van der Waals surface area contributed by atoms with Crippen LogP contribution in [0.2, 0.25) is 0 Å². The van der Waals surface area contributed by atoms with E-state index in [-0.39, 0.29) is 17.7 Å². The lowest BCUT2D eigenvalue weighted by Crippen LogP contribution is -2.21. The lowest BCUT2D eigenvalue weighted by atomic mass is 10.1. The Labute approximate surface area is 97.1 Å². The first-order valence-corrected chi connectivity index (χ1v) is 4.94. The predicted octanol–water partition coefficient (Wildman–Crippen LogP) is 1.33. The molecule has 0 unspecified atom stereocenters. The minimum Gasteiger partial charge on any atom is -0.478 e. The van der Waals surface area contributed by atoms with Gasteiger partial charge in [-0.15, -0.1) is 6.42 Å². The van der Waals surface area contributed by atoms with Gasteiger partial charge in [0.2, 0.25) is 0 Å². The summed E-state index contributed by atoms with van der Waals surface area (Å²) in [5.74, 6) is 1.25. The maximum absolute atomic E-state index is 12.0. The van der Waals surface area contributed by atoms with E-state index in [1.807, 2.05) is 0 Å². The third kappa shape index (κ3) is 1.79. The SMILES string of the molecule is C#CCn1cc(C(=O)O)c2ccccc2c1=O. The first kappa shape index (κ1) is 11.0. The zero-order chi connectivity index (χ0) is 12.4. The van der Waals surface area contributed by atoms with E-state index in [0.29, 0.717) is 10.8 Å². The van der Waals surface area contributed by atoms with Crippen molar-refractivity contribution in [1.82, 2.24) is 4.57 Å².